The van der Waals surface area contributed by atoms with Crippen LogP contribution in [-0.4, -0.2) is 24.4 Å². The van der Waals surface area contributed by atoms with Gasteiger partial charge in [-0.15, -0.1) is 0 Å². The van der Waals surface area contributed by atoms with Crippen molar-refractivity contribution in [2.24, 2.45) is 5.92 Å². The summed E-state index contributed by atoms with van der Waals surface area (Å²) in [6.45, 7) is 1.33. The van der Waals surface area contributed by atoms with Gasteiger partial charge in [-0.2, -0.15) is 0 Å². The lowest BCUT2D eigenvalue weighted by atomic mass is 10.2. The highest BCUT2D eigenvalue weighted by molar-refractivity contribution is 6.30. The summed E-state index contributed by atoms with van der Waals surface area (Å²) < 4.78 is 5.73. The van der Waals surface area contributed by atoms with Gasteiger partial charge in [0.25, 0.3) is 5.91 Å². The molecule has 0 N–H and O–H groups in total. The summed E-state index contributed by atoms with van der Waals surface area (Å²) in [6.07, 6.45) is 2.49. The van der Waals surface area contributed by atoms with Gasteiger partial charge in [0, 0.05) is 24.2 Å². The second-order valence-corrected chi connectivity index (χ2v) is 6.51. The van der Waals surface area contributed by atoms with E-state index in [0.29, 0.717) is 23.1 Å². The van der Waals surface area contributed by atoms with Crippen molar-refractivity contribution in [3.63, 3.8) is 0 Å². The lowest BCUT2D eigenvalue weighted by Crippen LogP contribution is -2.28. The second kappa shape index (κ2) is 7.05. The Morgan fingerprint density at radius 1 is 1.13 bits per heavy atom. The Morgan fingerprint density at radius 2 is 1.78 bits per heavy atom. The quantitative estimate of drug-likeness (QED) is 0.786. The van der Waals surface area contributed by atoms with Crippen LogP contribution in [0, 0.1) is 5.92 Å². The number of ether oxygens (including phenoxy) is 1. The molecule has 4 heteroatoms. The molecule has 3 rings (SSSR count). The van der Waals surface area contributed by atoms with Gasteiger partial charge in [-0.3, -0.25) is 4.79 Å². The van der Waals surface area contributed by atoms with Gasteiger partial charge in [0.2, 0.25) is 0 Å². The molecule has 1 amide bonds. The number of nitrogens with zero attached hydrogens (tertiary/aromatic N) is 1. The predicted molar refractivity (Wildman–Crippen MR) is 91.9 cm³/mol. The number of carbonyl (C=O) groups excluding carboxylic acids is 1. The van der Waals surface area contributed by atoms with Gasteiger partial charge in [-0.05, 0) is 60.7 Å². The highest BCUT2D eigenvalue weighted by Crippen LogP contribution is 2.29. The first-order valence-electron chi connectivity index (χ1n) is 7.84. The van der Waals surface area contributed by atoms with Crippen molar-refractivity contribution in [1.29, 1.82) is 0 Å². The van der Waals surface area contributed by atoms with E-state index in [2.05, 4.69) is 0 Å². The molecular weight excluding hydrogens is 310 g/mol. The SMILES string of the molecule is CN(CC1CC1)C(=O)c1ccc(OCc2ccc(Cl)cc2)cc1. The standard InChI is InChI=1S/C19H20ClNO2/c1-21(12-14-2-3-14)19(22)16-6-10-18(11-7-16)23-13-15-4-8-17(20)9-5-15/h4-11,14H,2-3,12-13H2,1H3. The first-order valence-corrected chi connectivity index (χ1v) is 8.22. The van der Waals surface area contributed by atoms with E-state index in [0.717, 1.165) is 17.9 Å². The fourth-order valence-electron chi connectivity index (χ4n) is 2.43. The molecule has 0 unspecified atom stereocenters. The van der Waals surface area contributed by atoms with Crippen LogP contribution < -0.4 is 4.74 Å². The fourth-order valence-corrected chi connectivity index (χ4v) is 2.56. The maximum absolute atomic E-state index is 12.3. The van der Waals surface area contributed by atoms with Gasteiger partial charge in [0.1, 0.15) is 12.4 Å². The maximum Gasteiger partial charge on any atom is 0.253 e. The zero-order valence-electron chi connectivity index (χ0n) is 13.2. The lowest BCUT2D eigenvalue weighted by Gasteiger charge is -2.17. The molecule has 23 heavy (non-hydrogen) atoms. The number of amides is 1. The summed E-state index contributed by atoms with van der Waals surface area (Å²) in [7, 11) is 1.87. The smallest absolute Gasteiger partial charge is 0.253 e. The van der Waals surface area contributed by atoms with Crippen molar-refractivity contribution in [3.05, 3.63) is 64.7 Å². The summed E-state index contributed by atoms with van der Waals surface area (Å²) >= 11 is 5.86. The molecule has 0 aliphatic heterocycles. The minimum Gasteiger partial charge on any atom is -0.489 e. The summed E-state index contributed by atoms with van der Waals surface area (Å²) in [5.41, 5.74) is 1.76. The molecule has 0 atom stereocenters. The van der Waals surface area contributed by atoms with E-state index in [4.69, 9.17) is 16.3 Å². The molecular formula is C19H20ClNO2. The van der Waals surface area contributed by atoms with Crippen molar-refractivity contribution < 1.29 is 9.53 Å². The van der Waals surface area contributed by atoms with E-state index >= 15 is 0 Å². The summed E-state index contributed by atoms with van der Waals surface area (Å²) in [4.78, 5) is 14.1. The van der Waals surface area contributed by atoms with Gasteiger partial charge >= 0.3 is 0 Å². The second-order valence-electron chi connectivity index (χ2n) is 6.07. The maximum atomic E-state index is 12.3. The van der Waals surface area contributed by atoms with Gasteiger partial charge in [0.05, 0.1) is 0 Å². The van der Waals surface area contributed by atoms with Gasteiger partial charge in [-0.25, -0.2) is 0 Å². The number of benzene rings is 2. The Balaban J connectivity index is 1.55. The molecule has 0 saturated heterocycles. The van der Waals surface area contributed by atoms with Crippen LogP contribution in [0.1, 0.15) is 28.8 Å². The van der Waals surface area contributed by atoms with E-state index in [9.17, 15) is 4.79 Å². The van der Waals surface area contributed by atoms with Crippen LogP contribution in [0.4, 0.5) is 0 Å². The van der Waals surface area contributed by atoms with Crippen molar-refractivity contribution in [3.8, 4) is 5.75 Å². The molecule has 1 aliphatic carbocycles. The van der Waals surface area contributed by atoms with E-state index in [-0.39, 0.29) is 5.91 Å². The van der Waals surface area contributed by atoms with E-state index in [1.54, 1.807) is 4.90 Å². The molecule has 1 saturated carbocycles. The third kappa shape index (κ3) is 4.49. The van der Waals surface area contributed by atoms with E-state index in [1.165, 1.54) is 12.8 Å². The van der Waals surface area contributed by atoms with Crippen LogP contribution in [0.3, 0.4) is 0 Å². The Kier molecular flexibility index (Phi) is 4.87. The van der Waals surface area contributed by atoms with E-state index in [1.807, 2.05) is 55.6 Å². The molecule has 0 radical (unpaired) electrons. The van der Waals surface area contributed by atoms with E-state index < -0.39 is 0 Å². The Bertz CT molecular complexity index is 663. The van der Waals surface area contributed by atoms with Crippen LogP contribution in [0.25, 0.3) is 0 Å². The molecule has 0 spiro atoms. The molecule has 1 aliphatic rings. The molecule has 1 fully saturated rings. The van der Waals surface area contributed by atoms with Crippen molar-refractivity contribution in [2.45, 2.75) is 19.4 Å². The summed E-state index contributed by atoms with van der Waals surface area (Å²) in [6, 6.07) is 14.9. The third-order valence-corrected chi connectivity index (χ3v) is 4.25. The topological polar surface area (TPSA) is 29.5 Å². The minimum atomic E-state index is 0.0705. The van der Waals surface area contributed by atoms with Gasteiger partial charge in [0.15, 0.2) is 0 Å². The number of halogens is 1. The summed E-state index contributed by atoms with van der Waals surface area (Å²) in [5, 5.41) is 0.715. The van der Waals surface area contributed by atoms with Crippen molar-refractivity contribution in [1.82, 2.24) is 4.90 Å². The van der Waals surface area contributed by atoms with Crippen LogP contribution >= 0.6 is 11.6 Å². The predicted octanol–water partition coefficient (Wildman–Crippen LogP) is 4.40. The highest BCUT2D eigenvalue weighted by atomic mass is 35.5. The van der Waals surface area contributed by atoms with Crippen LogP contribution in [0.15, 0.2) is 48.5 Å². The molecule has 120 valence electrons. The van der Waals surface area contributed by atoms with Crippen LogP contribution in [-0.2, 0) is 6.61 Å². The van der Waals surface area contributed by atoms with Crippen molar-refractivity contribution >= 4 is 17.5 Å². The molecule has 0 bridgehead atoms. The normalized spacial score (nSPS) is 13.7. The number of hydrogen-bond acceptors (Lipinski definition) is 2. The van der Waals surface area contributed by atoms with Gasteiger partial charge in [-0.1, -0.05) is 23.7 Å². The Morgan fingerprint density at radius 3 is 2.39 bits per heavy atom. The lowest BCUT2D eigenvalue weighted by molar-refractivity contribution is 0.0788. The zero-order chi connectivity index (χ0) is 16.2. The monoisotopic (exact) mass is 329 g/mol. The molecule has 0 aromatic heterocycles. The Hall–Kier alpha value is -2.00. The summed E-state index contributed by atoms with van der Waals surface area (Å²) in [5.74, 6) is 1.52. The van der Waals surface area contributed by atoms with Crippen LogP contribution in [0.2, 0.25) is 5.02 Å². The molecule has 3 nitrogen and oxygen atoms in total. The zero-order valence-corrected chi connectivity index (χ0v) is 13.9. The number of rotatable bonds is 6. The molecule has 0 heterocycles. The van der Waals surface area contributed by atoms with Gasteiger partial charge < -0.3 is 9.64 Å². The average Bonchev–Trinajstić information content (AvgIpc) is 3.38. The molecule has 2 aromatic rings. The average molecular weight is 330 g/mol. The number of hydrogen-bond donors (Lipinski definition) is 0. The third-order valence-electron chi connectivity index (χ3n) is 4.00. The largest absolute Gasteiger partial charge is 0.489 e. The Labute approximate surface area is 141 Å². The first-order chi connectivity index (χ1) is 11.1. The first kappa shape index (κ1) is 15.9. The minimum absolute atomic E-state index is 0.0705. The van der Waals surface area contributed by atoms with Crippen molar-refractivity contribution in [2.75, 3.05) is 13.6 Å². The highest BCUT2D eigenvalue weighted by Gasteiger charge is 2.25. The fraction of sp³-hybridized carbons (Fsp3) is 0.316. The van der Waals surface area contributed by atoms with Crippen LogP contribution in [0.5, 0.6) is 5.75 Å². The molecule has 2 aromatic carbocycles. The number of carbonyl (C=O) groups is 1.